The molecule has 2 N–H and O–H groups in total. The van der Waals surface area contributed by atoms with Gasteiger partial charge in [-0.3, -0.25) is 4.98 Å². The smallest absolute Gasteiger partial charge is 0.0880 e. The number of likely N-dealkylation sites (N-methyl/N-ethyl adjacent to an activating group) is 1. The van der Waals surface area contributed by atoms with Gasteiger partial charge in [-0.2, -0.15) is 0 Å². The Morgan fingerprint density at radius 3 is 2.65 bits per heavy atom. The van der Waals surface area contributed by atoms with Crippen LogP contribution in [0.3, 0.4) is 0 Å². The van der Waals surface area contributed by atoms with E-state index in [-0.39, 0.29) is 12.0 Å². The molecule has 1 aliphatic carbocycles. The van der Waals surface area contributed by atoms with Crippen molar-refractivity contribution in [2.24, 2.45) is 5.92 Å². The average Bonchev–Trinajstić information content (AvgIpc) is 2.78. The number of aliphatic hydroxyl groups is 1. The largest absolute Gasteiger partial charge is 0.390 e. The van der Waals surface area contributed by atoms with Crippen molar-refractivity contribution in [2.75, 3.05) is 13.6 Å². The molecule has 2 aromatic rings. The second-order valence-corrected chi connectivity index (χ2v) is 5.90. The van der Waals surface area contributed by atoms with Crippen molar-refractivity contribution < 1.29 is 5.11 Å². The molecule has 0 fully saturated rings. The third kappa shape index (κ3) is 3.14. The van der Waals surface area contributed by atoms with Crippen molar-refractivity contribution in [3.05, 3.63) is 66.7 Å². The lowest BCUT2D eigenvalue weighted by Crippen LogP contribution is -2.36. The van der Waals surface area contributed by atoms with Gasteiger partial charge in [-0.25, -0.2) is 0 Å². The molecule has 0 aliphatic heterocycles. The monoisotopic (exact) mass is 309 g/mol. The maximum Gasteiger partial charge on any atom is 0.0880 e. The van der Waals surface area contributed by atoms with E-state index in [1.807, 2.05) is 50.5 Å². The van der Waals surface area contributed by atoms with Crippen molar-refractivity contribution >= 4 is 10.9 Å². The van der Waals surface area contributed by atoms with Gasteiger partial charge in [-0.1, -0.05) is 36.5 Å². The number of aromatic nitrogens is 2. The lowest BCUT2D eigenvalue weighted by molar-refractivity contribution is 0.102. The van der Waals surface area contributed by atoms with E-state index < -0.39 is 6.10 Å². The van der Waals surface area contributed by atoms with Gasteiger partial charge < -0.3 is 15.0 Å². The summed E-state index contributed by atoms with van der Waals surface area (Å²) in [4.78, 5) is 4.43. The molecule has 0 amide bonds. The van der Waals surface area contributed by atoms with Crippen molar-refractivity contribution in [1.29, 1.82) is 0 Å². The number of pyridine rings is 1. The van der Waals surface area contributed by atoms with Crippen LogP contribution in [-0.4, -0.2) is 34.4 Å². The number of nitrogens with zero attached hydrogens (tertiary/aromatic N) is 2. The third-order valence-corrected chi connectivity index (χ3v) is 4.33. The molecule has 0 saturated carbocycles. The highest BCUT2D eigenvalue weighted by Gasteiger charge is 2.28. The molecule has 0 aromatic carbocycles. The minimum Gasteiger partial charge on any atom is -0.390 e. The second kappa shape index (κ2) is 6.94. The van der Waals surface area contributed by atoms with Gasteiger partial charge in [0.15, 0.2) is 0 Å². The standard InChI is InChI=1S/C19H23N3O/c1-14-18-16(9-11-21-14)10-12-22(18)19(17(23)13-20-2)15-7-5-3-4-6-8-15/h3-12,15,17,19-20,23H,13H2,1-2H3/t17-,19+/m1/s1. The zero-order chi connectivity index (χ0) is 16.2. The molecule has 2 heterocycles. The van der Waals surface area contributed by atoms with Crippen LogP contribution in [0.15, 0.2) is 61.0 Å². The summed E-state index contributed by atoms with van der Waals surface area (Å²) >= 11 is 0. The molecule has 0 radical (unpaired) electrons. The fourth-order valence-electron chi connectivity index (χ4n) is 3.29. The van der Waals surface area contributed by atoms with Crippen LogP contribution in [0.4, 0.5) is 0 Å². The summed E-state index contributed by atoms with van der Waals surface area (Å²) in [6.45, 7) is 2.55. The summed E-state index contributed by atoms with van der Waals surface area (Å²) in [5, 5.41) is 15.0. The average molecular weight is 309 g/mol. The SMILES string of the molecule is CNC[C@@H](O)[C@H](C1C=CC=CC=C1)n1ccc2ccnc(C)c21. The van der Waals surface area contributed by atoms with Crippen LogP contribution in [0.1, 0.15) is 11.7 Å². The number of fused-ring (bicyclic) bond motifs is 1. The maximum absolute atomic E-state index is 10.8. The van der Waals surface area contributed by atoms with Gasteiger partial charge >= 0.3 is 0 Å². The van der Waals surface area contributed by atoms with Gasteiger partial charge in [0.25, 0.3) is 0 Å². The Morgan fingerprint density at radius 2 is 1.96 bits per heavy atom. The molecule has 4 heteroatoms. The Balaban J connectivity index is 2.10. The maximum atomic E-state index is 10.8. The molecule has 0 unspecified atom stereocenters. The Hall–Kier alpha value is -2.17. The van der Waals surface area contributed by atoms with Gasteiger partial charge in [0.2, 0.25) is 0 Å². The van der Waals surface area contributed by atoms with Gasteiger partial charge in [-0.05, 0) is 26.1 Å². The molecule has 120 valence electrons. The predicted octanol–water partition coefficient (Wildman–Crippen LogP) is 2.76. The minimum absolute atomic E-state index is 0.0877. The minimum atomic E-state index is -0.507. The number of nitrogens with one attached hydrogen (secondary N) is 1. The van der Waals surface area contributed by atoms with Gasteiger partial charge in [0, 0.05) is 30.2 Å². The van der Waals surface area contributed by atoms with Crippen molar-refractivity contribution in [3.63, 3.8) is 0 Å². The van der Waals surface area contributed by atoms with E-state index in [1.54, 1.807) is 0 Å². The second-order valence-electron chi connectivity index (χ2n) is 5.90. The summed E-state index contributed by atoms with van der Waals surface area (Å²) < 4.78 is 2.17. The van der Waals surface area contributed by atoms with E-state index >= 15 is 0 Å². The summed E-state index contributed by atoms with van der Waals surface area (Å²) in [5.74, 6) is 0.114. The van der Waals surface area contributed by atoms with E-state index in [4.69, 9.17) is 0 Å². The normalized spacial score (nSPS) is 17.5. The number of hydrogen-bond acceptors (Lipinski definition) is 3. The van der Waals surface area contributed by atoms with Crippen LogP contribution in [-0.2, 0) is 0 Å². The van der Waals surface area contributed by atoms with E-state index in [2.05, 4.69) is 39.3 Å². The van der Waals surface area contributed by atoms with Gasteiger partial charge in [-0.15, -0.1) is 0 Å². The molecule has 23 heavy (non-hydrogen) atoms. The molecule has 3 rings (SSSR count). The Labute approximate surface area is 136 Å². The lowest BCUT2D eigenvalue weighted by Gasteiger charge is -2.30. The van der Waals surface area contributed by atoms with E-state index in [0.717, 1.165) is 16.6 Å². The fourth-order valence-corrected chi connectivity index (χ4v) is 3.29. The van der Waals surface area contributed by atoms with Crippen LogP contribution in [0.2, 0.25) is 0 Å². The van der Waals surface area contributed by atoms with Crippen LogP contribution in [0, 0.1) is 12.8 Å². The fraction of sp³-hybridized carbons (Fsp3) is 0.316. The third-order valence-electron chi connectivity index (χ3n) is 4.33. The van der Waals surface area contributed by atoms with Crippen molar-refractivity contribution in [2.45, 2.75) is 19.1 Å². The predicted molar refractivity (Wildman–Crippen MR) is 94.4 cm³/mol. The highest BCUT2D eigenvalue weighted by Crippen LogP contribution is 2.31. The molecule has 0 saturated heterocycles. The zero-order valence-electron chi connectivity index (χ0n) is 13.6. The van der Waals surface area contributed by atoms with Gasteiger partial charge in [0.1, 0.15) is 0 Å². The quantitative estimate of drug-likeness (QED) is 0.893. The first-order valence-electron chi connectivity index (χ1n) is 7.99. The summed E-state index contributed by atoms with van der Waals surface area (Å²) in [6.07, 6.45) is 15.8. The lowest BCUT2D eigenvalue weighted by atomic mass is 9.93. The topological polar surface area (TPSA) is 50.1 Å². The first-order valence-corrected chi connectivity index (χ1v) is 7.99. The van der Waals surface area contributed by atoms with Crippen LogP contribution >= 0.6 is 0 Å². The molecular formula is C19H23N3O. The Kier molecular flexibility index (Phi) is 4.74. The van der Waals surface area contributed by atoms with Crippen LogP contribution < -0.4 is 5.32 Å². The summed E-state index contributed by atoms with van der Waals surface area (Å²) in [7, 11) is 1.86. The van der Waals surface area contributed by atoms with E-state index in [9.17, 15) is 5.11 Å². The number of aliphatic hydroxyl groups excluding tert-OH is 1. The Bertz CT molecular complexity index is 741. The molecule has 0 spiro atoms. The zero-order valence-corrected chi connectivity index (χ0v) is 13.6. The highest BCUT2D eigenvalue weighted by molar-refractivity contribution is 5.82. The summed E-state index contributed by atoms with van der Waals surface area (Å²) in [5.41, 5.74) is 2.07. The van der Waals surface area contributed by atoms with Crippen molar-refractivity contribution in [3.8, 4) is 0 Å². The van der Waals surface area contributed by atoms with Gasteiger partial charge in [0.05, 0.1) is 23.4 Å². The molecular weight excluding hydrogens is 286 g/mol. The van der Waals surface area contributed by atoms with Crippen LogP contribution in [0.25, 0.3) is 10.9 Å². The Morgan fingerprint density at radius 1 is 1.22 bits per heavy atom. The first kappa shape index (κ1) is 15.7. The number of hydrogen-bond donors (Lipinski definition) is 2. The van der Waals surface area contributed by atoms with Crippen LogP contribution in [0.5, 0.6) is 0 Å². The number of aryl methyl sites for hydroxylation is 1. The molecule has 2 atom stereocenters. The molecule has 1 aliphatic rings. The number of rotatable bonds is 5. The summed E-state index contributed by atoms with van der Waals surface area (Å²) in [6, 6.07) is 4.02. The molecule has 0 bridgehead atoms. The highest BCUT2D eigenvalue weighted by atomic mass is 16.3. The number of allylic oxidation sites excluding steroid dienone is 6. The van der Waals surface area contributed by atoms with E-state index in [0.29, 0.717) is 6.54 Å². The first-order chi connectivity index (χ1) is 11.2. The van der Waals surface area contributed by atoms with E-state index in [1.165, 1.54) is 0 Å². The van der Waals surface area contributed by atoms with Crippen molar-refractivity contribution in [1.82, 2.24) is 14.9 Å². The molecule has 2 aromatic heterocycles. The molecule has 4 nitrogen and oxygen atoms in total.